The lowest BCUT2D eigenvalue weighted by molar-refractivity contribution is 0.0597. The summed E-state index contributed by atoms with van der Waals surface area (Å²) in [6.45, 7) is 3.88. The summed E-state index contributed by atoms with van der Waals surface area (Å²) < 4.78 is 15.9. The highest BCUT2D eigenvalue weighted by atomic mass is 16.6. The largest absolute Gasteiger partial charge is 0.496 e. The molecule has 0 aliphatic heterocycles. The summed E-state index contributed by atoms with van der Waals surface area (Å²) in [6.07, 6.45) is 4.98. The van der Waals surface area contributed by atoms with Gasteiger partial charge in [0, 0.05) is 5.56 Å². The van der Waals surface area contributed by atoms with Gasteiger partial charge in [0.25, 0.3) is 0 Å². The van der Waals surface area contributed by atoms with Crippen LogP contribution in [-0.4, -0.2) is 26.3 Å². The Balaban J connectivity index is 2.75. The molecule has 0 saturated carbocycles. The van der Waals surface area contributed by atoms with E-state index in [1.54, 1.807) is 12.1 Å². The Bertz CT molecular complexity index is 961. The van der Waals surface area contributed by atoms with Crippen molar-refractivity contribution in [1.82, 2.24) is 5.43 Å². The summed E-state index contributed by atoms with van der Waals surface area (Å²) in [7, 11) is 2.77. The number of ether oxygens (including phenoxy) is 3. The molecule has 30 heavy (non-hydrogen) atoms. The molecule has 158 valence electrons. The second kappa shape index (κ2) is 10.8. The van der Waals surface area contributed by atoms with Gasteiger partial charge in [-0.25, -0.2) is 15.4 Å². The number of methoxy groups -OCH3 is 2. The van der Waals surface area contributed by atoms with Gasteiger partial charge in [-0.05, 0) is 37.5 Å². The third-order valence-corrected chi connectivity index (χ3v) is 4.27. The van der Waals surface area contributed by atoms with Crippen LogP contribution in [0.1, 0.15) is 40.9 Å². The molecule has 0 radical (unpaired) electrons. The average Bonchev–Trinajstić information content (AvgIpc) is 2.76. The summed E-state index contributed by atoms with van der Waals surface area (Å²) in [6, 6.07) is 11.3. The minimum atomic E-state index is -0.912. The lowest BCUT2D eigenvalue weighted by Crippen LogP contribution is -2.33. The van der Waals surface area contributed by atoms with Crippen LogP contribution in [0, 0.1) is 0 Å². The molecule has 0 aliphatic carbocycles. The molecule has 1 amide bonds. The van der Waals surface area contributed by atoms with Gasteiger partial charge >= 0.3 is 12.1 Å². The number of allylic oxidation sites excluding steroid dienone is 2. The number of nitrogens with one attached hydrogen (secondary N) is 1. The van der Waals surface area contributed by atoms with Crippen LogP contribution in [0.4, 0.5) is 4.79 Å². The number of rotatable bonds is 7. The van der Waals surface area contributed by atoms with Gasteiger partial charge < -0.3 is 14.2 Å². The number of esters is 1. The van der Waals surface area contributed by atoms with Crippen molar-refractivity contribution in [1.29, 1.82) is 0 Å². The van der Waals surface area contributed by atoms with Crippen molar-refractivity contribution in [2.24, 2.45) is 5.84 Å². The van der Waals surface area contributed by atoms with Crippen molar-refractivity contribution in [3.05, 3.63) is 70.3 Å². The van der Waals surface area contributed by atoms with E-state index in [0.29, 0.717) is 23.3 Å². The second-order valence-corrected chi connectivity index (χ2v) is 6.61. The maximum atomic E-state index is 12.7. The Hall–Kier alpha value is -3.58. The molecule has 0 spiro atoms. The predicted octanol–water partition coefficient (Wildman–Crippen LogP) is 4.12. The summed E-state index contributed by atoms with van der Waals surface area (Å²) in [4.78, 5) is 24.6. The van der Waals surface area contributed by atoms with E-state index < -0.39 is 12.1 Å². The van der Waals surface area contributed by atoms with Crippen LogP contribution >= 0.6 is 0 Å². The highest BCUT2D eigenvalue weighted by molar-refractivity contribution is 5.99. The molecular weight excluding hydrogens is 384 g/mol. The second-order valence-electron chi connectivity index (χ2n) is 6.61. The van der Waals surface area contributed by atoms with Crippen LogP contribution in [0.25, 0.3) is 12.2 Å². The number of hydrazine groups is 1. The number of nitrogens with two attached hydrogens (primary N) is 1. The molecule has 3 N–H and O–H groups in total. The van der Waals surface area contributed by atoms with Gasteiger partial charge in [0.15, 0.2) is 5.75 Å². The Labute approximate surface area is 176 Å². The zero-order valence-corrected chi connectivity index (χ0v) is 17.5. The average molecular weight is 410 g/mol. The monoisotopic (exact) mass is 410 g/mol. The van der Waals surface area contributed by atoms with Crippen molar-refractivity contribution >= 4 is 24.2 Å². The normalized spacial score (nSPS) is 10.4. The Kier molecular flexibility index (Phi) is 8.19. The fourth-order valence-corrected chi connectivity index (χ4v) is 2.81. The van der Waals surface area contributed by atoms with Gasteiger partial charge in [0.2, 0.25) is 0 Å². The predicted molar refractivity (Wildman–Crippen MR) is 116 cm³/mol. The van der Waals surface area contributed by atoms with E-state index in [1.807, 2.05) is 61.8 Å². The smallest absolute Gasteiger partial charge is 0.426 e. The lowest BCUT2D eigenvalue weighted by atomic mass is 9.97. The first-order valence-electron chi connectivity index (χ1n) is 9.28. The van der Waals surface area contributed by atoms with Gasteiger partial charge in [-0.3, -0.25) is 5.43 Å². The molecule has 0 fully saturated rings. The van der Waals surface area contributed by atoms with Crippen molar-refractivity contribution in [3.8, 4) is 11.5 Å². The molecule has 2 rings (SSSR count). The molecule has 0 saturated heterocycles. The maximum absolute atomic E-state index is 12.7. The minimum Gasteiger partial charge on any atom is -0.496 e. The van der Waals surface area contributed by atoms with E-state index in [9.17, 15) is 9.59 Å². The Morgan fingerprint density at radius 1 is 1.10 bits per heavy atom. The number of benzene rings is 2. The molecule has 7 nitrogen and oxygen atoms in total. The zero-order chi connectivity index (χ0) is 22.1. The highest BCUT2D eigenvalue weighted by Crippen LogP contribution is 2.37. The van der Waals surface area contributed by atoms with Crippen molar-refractivity contribution in [3.63, 3.8) is 0 Å². The Morgan fingerprint density at radius 3 is 2.37 bits per heavy atom. The van der Waals surface area contributed by atoms with Crippen LogP contribution in [0.15, 0.2) is 48.0 Å². The molecule has 7 heteroatoms. The maximum Gasteiger partial charge on any atom is 0.426 e. The number of carbonyl (C=O) groups is 2. The molecule has 2 aromatic rings. The van der Waals surface area contributed by atoms with Crippen molar-refractivity contribution < 1.29 is 23.8 Å². The quantitative estimate of drug-likeness (QED) is 0.178. The van der Waals surface area contributed by atoms with E-state index in [1.165, 1.54) is 14.2 Å². The van der Waals surface area contributed by atoms with Crippen LogP contribution < -0.4 is 20.7 Å². The van der Waals surface area contributed by atoms with Crippen molar-refractivity contribution in [2.75, 3.05) is 14.2 Å². The first kappa shape index (κ1) is 22.7. The van der Waals surface area contributed by atoms with Crippen LogP contribution in [-0.2, 0) is 11.2 Å². The SMILES string of the molecule is COC(=O)c1c(C=Cc2ccccc2)cc(OC)c(CC=C(C)C)c1OC(=O)NN. The number of carbonyl (C=O) groups excluding carboxylic acids is 2. The molecule has 0 aliphatic rings. The van der Waals surface area contributed by atoms with Gasteiger partial charge in [-0.15, -0.1) is 0 Å². The summed E-state index contributed by atoms with van der Waals surface area (Å²) in [5.74, 6) is 5.05. The van der Waals surface area contributed by atoms with Gasteiger partial charge in [-0.1, -0.05) is 54.1 Å². The van der Waals surface area contributed by atoms with Crippen LogP contribution in [0.2, 0.25) is 0 Å². The molecule has 2 aromatic carbocycles. The van der Waals surface area contributed by atoms with Crippen LogP contribution in [0.3, 0.4) is 0 Å². The van der Waals surface area contributed by atoms with E-state index in [2.05, 4.69) is 0 Å². The molecular formula is C23H26N2O5. The first-order valence-corrected chi connectivity index (χ1v) is 9.28. The molecule has 0 heterocycles. The fourth-order valence-electron chi connectivity index (χ4n) is 2.81. The van der Waals surface area contributed by atoms with Crippen LogP contribution in [0.5, 0.6) is 11.5 Å². The third-order valence-electron chi connectivity index (χ3n) is 4.27. The number of hydrogen-bond donors (Lipinski definition) is 2. The minimum absolute atomic E-state index is 0.0364. The van der Waals surface area contributed by atoms with Gasteiger partial charge in [-0.2, -0.15) is 0 Å². The van der Waals surface area contributed by atoms with Gasteiger partial charge in [0.05, 0.1) is 14.2 Å². The Morgan fingerprint density at radius 2 is 1.80 bits per heavy atom. The first-order chi connectivity index (χ1) is 14.4. The fraction of sp³-hybridized carbons (Fsp3) is 0.217. The third kappa shape index (κ3) is 5.71. The molecule has 0 bridgehead atoms. The van der Waals surface area contributed by atoms with Gasteiger partial charge in [0.1, 0.15) is 11.3 Å². The van der Waals surface area contributed by atoms with E-state index in [4.69, 9.17) is 20.1 Å². The number of hydrogen-bond acceptors (Lipinski definition) is 6. The van der Waals surface area contributed by atoms with Crippen molar-refractivity contribution in [2.45, 2.75) is 20.3 Å². The summed E-state index contributed by atoms with van der Waals surface area (Å²) in [5, 5.41) is 0. The summed E-state index contributed by atoms with van der Waals surface area (Å²) in [5.41, 5.74) is 5.01. The molecule has 0 unspecified atom stereocenters. The topological polar surface area (TPSA) is 99.9 Å². The zero-order valence-electron chi connectivity index (χ0n) is 17.5. The molecule has 0 atom stereocenters. The standard InChI is InChI=1S/C23H26N2O5/c1-15(2)10-13-18-19(28-3)14-17(12-11-16-8-6-5-7-9-16)20(22(26)29-4)21(18)30-23(27)25-24/h5-12,14H,13,24H2,1-4H3,(H,25,27). The van der Waals surface area contributed by atoms with E-state index in [-0.39, 0.29) is 11.3 Å². The lowest BCUT2D eigenvalue weighted by Gasteiger charge is -2.18. The highest BCUT2D eigenvalue weighted by Gasteiger charge is 2.26. The van der Waals surface area contributed by atoms with E-state index >= 15 is 0 Å². The van der Waals surface area contributed by atoms with E-state index in [0.717, 1.165) is 11.1 Å². The molecule has 0 aromatic heterocycles. The summed E-state index contributed by atoms with van der Waals surface area (Å²) >= 11 is 0. The number of amides is 1.